The van der Waals surface area contributed by atoms with Crippen molar-refractivity contribution < 1.29 is 13.6 Å². The van der Waals surface area contributed by atoms with E-state index in [-0.39, 0.29) is 16.8 Å². The maximum Gasteiger partial charge on any atom is 0.259 e. The average Bonchev–Trinajstić information content (AvgIpc) is 3.33. The third-order valence-electron chi connectivity index (χ3n) is 5.02. The Bertz CT molecular complexity index is 1290. The molecular weight excluding hydrogens is 404 g/mol. The molecule has 10 heteroatoms. The summed E-state index contributed by atoms with van der Waals surface area (Å²) in [6, 6.07) is 10.6. The second-order valence-corrected chi connectivity index (χ2v) is 7.40. The van der Waals surface area contributed by atoms with Gasteiger partial charge >= 0.3 is 0 Å². The molecule has 0 spiro atoms. The number of rotatable bonds is 5. The van der Waals surface area contributed by atoms with Crippen molar-refractivity contribution in [1.29, 1.82) is 0 Å². The number of amides is 1. The molecule has 1 N–H and O–H groups in total. The highest BCUT2D eigenvalue weighted by Gasteiger charge is 2.28. The molecule has 2 aromatic carbocycles. The number of carbonyl (C=O) groups is 1. The first kappa shape index (κ1) is 19.0. The van der Waals surface area contributed by atoms with Crippen LogP contribution in [0.3, 0.4) is 0 Å². The Morgan fingerprint density at radius 2 is 2.00 bits per heavy atom. The van der Waals surface area contributed by atoms with Crippen molar-refractivity contribution in [1.82, 2.24) is 30.0 Å². The molecule has 4 aromatic rings. The van der Waals surface area contributed by atoms with Crippen LogP contribution >= 0.6 is 0 Å². The van der Waals surface area contributed by atoms with Gasteiger partial charge in [0.15, 0.2) is 5.82 Å². The molecule has 31 heavy (non-hydrogen) atoms. The van der Waals surface area contributed by atoms with Crippen molar-refractivity contribution in [3.05, 3.63) is 65.9 Å². The number of carbonyl (C=O) groups excluding carboxylic acids is 1. The molecule has 1 fully saturated rings. The Morgan fingerprint density at radius 3 is 2.77 bits per heavy atom. The third-order valence-corrected chi connectivity index (χ3v) is 5.02. The Hall–Kier alpha value is -3.95. The van der Waals surface area contributed by atoms with Crippen molar-refractivity contribution >= 4 is 11.6 Å². The minimum absolute atomic E-state index is 0.0458. The van der Waals surface area contributed by atoms with Gasteiger partial charge in [-0.05, 0) is 47.5 Å². The number of halogens is 2. The molecule has 0 saturated heterocycles. The fraction of sp³-hybridized carbons (Fsp3) is 0.190. The van der Waals surface area contributed by atoms with E-state index in [4.69, 9.17) is 0 Å². The lowest BCUT2D eigenvalue weighted by atomic mass is 10.1. The minimum Gasteiger partial charge on any atom is -0.322 e. The van der Waals surface area contributed by atoms with Crippen molar-refractivity contribution in [3.8, 4) is 22.6 Å². The largest absolute Gasteiger partial charge is 0.322 e. The van der Waals surface area contributed by atoms with Crippen LogP contribution in [0.15, 0.2) is 48.7 Å². The molecule has 2 aromatic heterocycles. The van der Waals surface area contributed by atoms with Crippen LogP contribution in [0.1, 0.15) is 29.2 Å². The summed E-state index contributed by atoms with van der Waals surface area (Å²) in [5, 5.41) is 18.9. The van der Waals surface area contributed by atoms with Gasteiger partial charge in [0, 0.05) is 36.1 Å². The SMILES string of the molecule is Cn1cc(C(=O)Nc2cccc(-c3nnnn3C3CC3)c2)c(-c2ccc(F)cc2F)n1. The van der Waals surface area contributed by atoms with Crippen molar-refractivity contribution in [3.63, 3.8) is 0 Å². The molecule has 0 atom stereocenters. The molecular formula is C21H17F2N7O. The first-order valence-electron chi connectivity index (χ1n) is 9.68. The van der Waals surface area contributed by atoms with Gasteiger partial charge in [-0.1, -0.05) is 12.1 Å². The normalized spacial score (nSPS) is 13.4. The van der Waals surface area contributed by atoms with E-state index in [0.717, 1.165) is 30.5 Å². The van der Waals surface area contributed by atoms with Crippen LogP contribution in [0.4, 0.5) is 14.5 Å². The number of benzene rings is 2. The van der Waals surface area contributed by atoms with Gasteiger partial charge in [-0.3, -0.25) is 9.48 Å². The maximum absolute atomic E-state index is 14.3. The maximum atomic E-state index is 14.3. The van der Waals surface area contributed by atoms with Gasteiger partial charge in [0.2, 0.25) is 0 Å². The molecule has 1 saturated carbocycles. The second kappa shape index (κ2) is 7.38. The summed E-state index contributed by atoms with van der Waals surface area (Å²) in [6.45, 7) is 0. The molecule has 0 unspecified atom stereocenters. The first-order chi connectivity index (χ1) is 15.0. The van der Waals surface area contributed by atoms with Gasteiger partial charge in [0.25, 0.3) is 5.91 Å². The summed E-state index contributed by atoms with van der Waals surface area (Å²) in [5.74, 6) is -1.32. The second-order valence-electron chi connectivity index (χ2n) is 7.40. The van der Waals surface area contributed by atoms with Gasteiger partial charge in [-0.2, -0.15) is 5.10 Å². The molecule has 1 amide bonds. The molecule has 0 aliphatic heterocycles. The summed E-state index contributed by atoms with van der Waals surface area (Å²) in [7, 11) is 1.63. The Kier molecular flexibility index (Phi) is 4.54. The predicted octanol–water partition coefficient (Wildman–Crippen LogP) is 3.61. The van der Waals surface area contributed by atoms with Gasteiger partial charge < -0.3 is 5.32 Å². The summed E-state index contributed by atoms with van der Waals surface area (Å²) in [5.41, 5.74) is 1.64. The number of hydrogen-bond acceptors (Lipinski definition) is 5. The molecule has 0 bridgehead atoms. The highest BCUT2D eigenvalue weighted by Crippen LogP contribution is 2.37. The number of aryl methyl sites for hydroxylation is 1. The highest BCUT2D eigenvalue weighted by atomic mass is 19.1. The minimum atomic E-state index is -0.790. The van der Waals surface area contributed by atoms with Crippen molar-refractivity contribution in [2.75, 3.05) is 5.32 Å². The van der Waals surface area contributed by atoms with Gasteiger partial charge in [0.1, 0.15) is 17.3 Å². The molecule has 8 nitrogen and oxygen atoms in total. The Labute approximate surface area is 175 Å². The van der Waals surface area contributed by atoms with Crippen LogP contribution in [0.2, 0.25) is 0 Å². The summed E-state index contributed by atoms with van der Waals surface area (Å²) in [4.78, 5) is 13.0. The average molecular weight is 421 g/mol. The topological polar surface area (TPSA) is 90.5 Å². The smallest absolute Gasteiger partial charge is 0.259 e. The van der Waals surface area contributed by atoms with Crippen LogP contribution in [0.25, 0.3) is 22.6 Å². The van der Waals surface area contributed by atoms with Crippen molar-refractivity contribution in [2.45, 2.75) is 18.9 Å². The lowest BCUT2D eigenvalue weighted by Gasteiger charge is -2.08. The van der Waals surface area contributed by atoms with Crippen molar-refractivity contribution in [2.24, 2.45) is 7.05 Å². The standard InChI is InChI=1S/C21H17F2N7O/c1-29-11-17(19(26-29)16-8-5-13(22)10-18(16)23)21(31)24-14-4-2-3-12(9-14)20-25-27-28-30(20)15-6-7-15/h2-5,8-11,15H,6-7H2,1H3,(H,24,31). The quantitative estimate of drug-likeness (QED) is 0.532. The van der Waals surface area contributed by atoms with Gasteiger partial charge in [-0.15, -0.1) is 5.10 Å². The number of tetrazole rings is 1. The molecule has 156 valence electrons. The molecule has 0 radical (unpaired) electrons. The van der Waals surface area contributed by atoms with Crippen LogP contribution in [-0.2, 0) is 7.05 Å². The van der Waals surface area contributed by atoms with Crippen LogP contribution in [0.5, 0.6) is 0 Å². The van der Waals surface area contributed by atoms with E-state index in [1.807, 2.05) is 6.07 Å². The van der Waals surface area contributed by atoms with Gasteiger partial charge in [0.05, 0.1) is 11.6 Å². The third kappa shape index (κ3) is 3.67. The fourth-order valence-corrected chi connectivity index (χ4v) is 3.42. The van der Waals surface area contributed by atoms with E-state index in [2.05, 4.69) is 25.9 Å². The fourth-order valence-electron chi connectivity index (χ4n) is 3.42. The van der Waals surface area contributed by atoms with E-state index in [1.165, 1.54) is 16.9 Å². The number of nitrogens with one attached hydrogen (secondary N) is 1. The predicted molar refractivity (Wildman–Crippen MR) is 108 cm³/mol. The van der Waals surface area contributed by atoms with E-state index >= 15 is 0 Å². The zero-order chi connectivity index (χ0) is 21.5. The lowest BCUT2D eigenvalue weighted by Crippen LogP contribution is -2.12. The number of aromatic nitrogens is 6. The number of anilines is 1. The van der Waals surface area contributed by atoms with Gasteiger partial charge in [-0.25, -0.2) is 13.5 Å². The molecule has 5 rings (SSSR count). The van der Waals surface area contributed by atoms with E-state index in [9.17, 15) is 13.6 Å². The first-order valence-corrected chi connectivity index (χ1v) is 9.68. The van der Waals surface area contributed by atoms with E-state index < -0.39 is 17.5 Å². The highest BCUT2D eigenvalue weighted by molar-refractivity contribution is 6.08. The van der Waals surface area contributed by atoms with Crippen LogP contribution < -0.4 is 5.32 Å². The number of hydrogen-bond donors (Lipinski definition) is 1. The summed E-state index contributed by atoms with van der Waals surface area (Å²) in [6.07, 6.45) is 3.57. The van der Waals surface area contributed by atoms with Crippen LogP contribution in [0, 0.1) is 11.6 Å². The summed E-state index contributed by atoms with van der Waals surface area (Å²) >= 11 is 0. The lowest BCUT2D eigenvalue weighted by molar-refractivity contribution is 0.102. The Balaban J connectivity index is 1.44. The zero-order valence-corrected chi connectivity index (χ0v) is 16.5. The van der Waals surface area contributed by atoms with E-state index in [0.29, 0.717) is 17.6 Å². The van der Waals surface area contributed by atoms with Crippen LogP contribution in [-0.4, -0.2) is 35.9 Å². The number of nitrogens with zero attached hydrogens (tertiary/aromatic N) is 6. The summed E-state index contributed by atoms with van der Waals surface area (Å²) < 4.78 is 30.8. The Morgan fingerprint density at radius 1 is 1.16 bits per heavy atom. The monoisotopic (exact) mass is 421 g/mol. The zero-order valence-electron chi connectivity index (χ0n) is 16.5. The van der Waals surface area contributed by atoms with E-state index in [1.54, 1.807) is 29.9 Å². The molecule has 2 heterocycles. The molecule has 1 aliphatic rings. The molecule has 1 aliphatic carbocycles.